The van der Waals surface area contributed by atoms with E-state index in [9.17, 15) is 0 Å². The van der Waals surface area contributed by atoms with Gasteiger partial charge in [0.25, 0.3) is 0 Å². The predicted octanol–water partition coefficient (Wildman–Crippen LogP) is 1.17. The highest BCUT2D eigenvalue weighted by atomic mass is 15.2. The summed E-state index contributed by atoms with van der Waals surface area (Å²) in [5.74, 6) is 0. The van der Waals surface area contributed by atoms with E-state index in [-0.39, 0.29) is 12.1 Å². The summed E-state index contributed by atoms with van der Waals surface area (Å²) in [6.07, 6.45) is 5.72. The van der Waals surface area contributed by atoms with E-state index in [1.54, 1.807) is 4.68 Å². The van der Waals surface area contributed by atoms with Gasteiger partial charge in [-0.25, -0.2) is 4.98 Å². The summed E-state index contributed by atoms with van der Waals surface area (Å²) >= 11 is 0. The summed E-state index contributed by atoms with van der Waals surface area (Å²) in [6, 6.07) is 0.0939. The van der Waals surface area contributed by atoms with Crippen LogP contribution in [0.1, 0.15) is 29.9 Å². The minimum atomic E-state index is 0.00602. The zero-order valence-electron chi connectivity index (χ0n) is 10.8. The number of hydrogen-bond acceptors (Lipinski definition) is 3. The van der Waals surface area contributed by atoms with Gasteiger partial charge in [0.15, 0.2) is 0 Å². The minimum absolute atomic E-state index is 0.00602. The number of rotatable bonds is 3. The number of nitrogens with zero attached hydrogens (tertiary/aromatic N) is 4. The van der Waals surface area contributed by atoms with E-state index in [1.807, 2.05) is 39.6 Å². The van der Waals surface area contributed by atoms with Gasteiger partial charge < -0.3 is 10.3 Å². The monoisotopic (exact) mass is 233 g/mol. The van der Waals surface area contributed by atoms with Crippen LogP contribution in [0.3, 0.4) is 0 Å². The first kappa shape index (κ1) is 11.9. The molecule has 92 valence electrons. The van der Waals surface area contributed by atoms with Crippen LogP contribution in [-0.2, 0) is 7.05 Å². The average molecular weight is 233 g/mol. The summed E-state index contributed by atoms with van der Waals surface area (Å²) in [6.45, 7) is 6.08. The molecule has 0 aromatic carbocycles. The zero-order valence-corrected chi connectivity index (χ0v) is 10.8. The molecule has 2 aromatic heterocycles. The molecule has 5 nitrogen and oxygen atoms in total. The van der Waals surface area contributed by atoms with Crippen LogP contribution in [0.4, 0.5) is 0 Å². The van der Waals surface area contributed by atoms with Crippen molar-refractivity contribution < 1.29 is 0 Å². The molecule has 2 atom stereocenters. The second kappa shape index (κ2) is 4.33. The van der Waals surface area contributed by atoms with Gasteiger partial charge in [-0.15, -0.1) is 0 Å². The fraction of sp³-hybridized carbons (Fsp3) is 0.500. The van der Waals surface area contributed by atoms with Gasteiger partial charge in [-0.1, -0.05) is 0 Å². The second-order valence-corrected chi connectivity index (χ2v) is 4.57. The van der Waals surface area contributed by atoms with Crippen molar-refractivity contribution in [2.24, 2.45) is 12.8 Å². The van der Waals surface area contributed by atoms with Crippen LogP contribution in [0.2, 0.25) is 0 Å². The number of hydrogen-bond donors (Lipinski definition) is 1. The van der Waals surface area contributed by atoms with Crippen molar-refractivity contribution >= 4 is 0 Å². The number of nitrogens with two attached hydrogens (primary N) is 1. The molecule has 0 spiro atoms. The van der Waals surface area contributed by atoms with Gasteiger partial charge in [-0.3, -0.25) is 4.68 Å². The fourth-order valence-electron chi connectivity index (χ4n) is 2.11. The van der Waals surface area contributed by atoms with Crippen LogP contribution in [0.5, 0.6) is 0 Å². The molecule has 0 fully saturated rings. The van der Waals surface area contributed by atoms with Gasteiger partial charge in [0.05, 0.1) is 24.3 Å². The lowest BCUT2D eigenvalue weighted by Crippen LogP contribution is -2.30. The van der Waals surface area contributed by atoms with E-state index in [0.29, 0.717) is 0 Å². The van der Waals surface area contributed by atoms with Crippen LogP contribution in [0.15, 0.2) is 18.7 Å². The largest absolute Gasteiger partial charge is 0.326 e. The first-order valence-electron chi connectivity index (χ1n) is 5.75. The summed E-state index contributed by atoms with van der Waals surface area (Å²) in [7, 11) is 1.91. The maximum atomic E-state index is 6.10. The number of aryl methyl sites for hydroxylation is 2. The second-order valence-electron chi connectivity index (χ2n) is 4.57. The molecule has 5 heteroatoms. The molecule has 0 radical (unpaired) electrons. The van der Waals surface area contributed by atoms with Crippen molar-refractivity contribution in [3.63, 3.8) is 0 Å². The lowest BCUT2D eigenvalue weighted by molar-refractivity contribution is 0.487. The molecule has 0 aliphatic carbocycles. The van der Waals surface area contributed by atoms with Crippen LogP contribution in [0.25, 0.3) is 0 Å². The summed E-state index contributed by atoms with van der Waals surface area (Å²) in [5.41, 5.74) is 9.41. The Morgan fingerprint density at radius 1 is 1.35 bits per heavy atom. The average Bonchev–Trinajstić information content (AvgIpc) is 2.80. The molecular formula is C12H19N5. The third-order valence-corrected chi connectivity index (χ3v) is 3.15. The molecule has 2 unspecified atom stereocenters. The van der Waals surface area contributed by atoms with Crippen LogP contribution >= 0.6 is 0 Å². The van der Waals surface area contributed by atoms with E-state index in [0.717, 1.165) is 17.0 Å². The number of aromatic nitrogens is 4. The Labute approximate surface area is 101 Å². The maximum Gasteiger partial charge on any atom is 0.0957 e. The lowest BCUT2D eigenvalue weighted by atomic mass is 10.0. The standard InChI is InChI=1S/C12H19N5/c1-8(13)12(11-5-15-16(4)6-11)17-7-14-9(2)10(17)3/h5-8,12H,13H2,1-4H3. The number of imidazole rings is 1. The highest BCUT2D eigenvalue weighted by Gasteiger charge is 2.21. The van der Waals surface area contributed by atoms with E-state index in [2.05, 4.69) is 21.6 Å². The van der Waals surface area contributed by atoms with Crippen molar-refractivity contribution in [1.82, 2.24) is 19.3 Å². The molecule has 0 amide bonds. The molecule has 0 aliphatic heterocycles. The Bertz CT molecular complexity index is 509. The molecule has 2 aromatic rings. The quantitative estimate of drug-likeness (QED) is 0.865. The first-order chi connectivity index (χ1) is 8.00. The Balaban J connectivity index is 2.46. The Hall–Kier alpha value is -1.62. The van der Waals surface area contributed by atoms with E-state index in [1.165, 1.54) is 0 Å². The summed E-state index contributed by atoms with van der Waals surface area (Å²) in [5, 5.41) is 4.21. The van der Waals surface area contributed by atoms with Gasteiger partial charge in [0, 0.05) is 30.5 Å². The highest BCUT2D eigenvalue weighted by Crippen LogP contribution is 2.23. The molecule has 2 heterocycles. The lowest BCUT2D eigenvalue weighted by Gasteiger charge is -2.22. The molecule has 0 saturated heterocycles. The van der Waals surface area contributed by atoms with Crippen molar-refractivity contribution in [2.45, 2.75) is 32.9 Å². The van der Waals surface area contributed by atoms with Crippen molar-refractivity contribution in [3.05, 3.63) is 35.7 Å². The summed E-state index contributed by atoms with van der Waals surface area (Å²) < 4.78 is 3.92. The smallest absolute Gasteiger partial charge is 0.0957 e. The van der Waals surface area contributed by atoms with Crippen molar-refractivity contribution in [2.75, 3.05) is 0 Å². The Morgan fingerprint density at radius 2 is 2.06 bits per heavy atom. The first-order valence-corrected chi connectivity index (χ1v) is 5.75. The fourth-order valence-corrected chi connectivity index (χ4v) is 2.11. The SMILES string of the molecule is Cc1ncn(C(c2cnn(C)c2)C(C)N)c1C. The van der Waals surface area contributed by atoms with E-state index < -0.39 is 0 Å². The predicted molar refractivity (Wildman–Crippen MR) is 66.7 cm³/mol. The Kier molecular flexibility index (Phi) is 3.02. The molecule has 2 N–H and O–H groups in total. The molecular weight excluding hydrogens is 214 g/mol. The van der Waals surface area contributed by atoms with Crippen molar-refractivity contribution in [3.8, 4) is 0 Å². The molecule has 0 aliphatic rings. The van der Waals surface area contributed by atoms with Gasteiger partial charge in [-0.2, -0.15) is 5.10 Å². The molecule has 17 heavy (non-hydrogen) atoms. The highest BCUT2D eigenvalue weighted by molar-refractivity contribution is 5.19. The third kappa shape index (κ3) is 2.10. The molecule has 0 saturated carbocycles. The van der Waals surface area contributed by atoms with Crippen molar-refractivity contribution in [1.29, 1.82) is 0 Å². The molecule has 2 rings (SSSR count). The van der Waals surface area contributed by atoms with Crippen LogP contribution < -0.4 is 5.73 Å². The molecule has 0 bridgehead atoms. The van der Waals surface area contributed by atoms with Crippen LogP contribution in [0, 0.1) is 13.8 Å². The normalized spacial score (nSPS) is 14.9. The van der Waals surface area contributed by atoms with Gasteiger partial charge in [0.1, 0.15) is 0 Å². The van der Waals surface area contributed by atoms with E-state index in [4.69, 9.17) is 5.73 Å². The Morgan fingerprint density at radius 3 is 2.47 bits per heavy atom. The zero-order chi connectivity index (χ0) is 12.6. The van der Waals surface area contributed by atoms with Gasteiger partial charge in [-0.05, 0) is 20.8 Å². The van der Waals surface area contributed by atoms with E-state index >= 15 is 0 Å². The van der Waals surface area contributed by atoms with Gasteiger partial charge in [0.2, 0.25) is 0 Å². The van der Waals surface area contributed by atoms with Gasteiger partial charge >= 0.3 is 0 Å². The topological polar surface area (TPSA) is 61.7 Å². The summed E-state index contributed by atoms with van der Waals surface area (Å²) in [4.78, 5) is 4.33. The maximum absolute atomic E-state index is 6.10. The third-order valence-electron chi connectivity index (χ3n) is 3.15. The minimum Gasteiger partial charge on any atom is -0.326 e. The van der Waals surface area contributed by atoms with Crippen LogP contribution in [-0.4, -0.2) is 25.4 Å².